The first-order valence-electron chi connectivity index (χ1n) is 11.2. The van der Waals surface area contributed by atoms with Crippen LogP contribution in [0.25, 0.3) is 27.3 Å². The minimum atomic E-state index is -0.478. The Hall–Kier alpha value is -4.28. The van der Waals surface area contributed by atoms with Crippen molar-refractivity contribution < 1.29 is 9.47 Å². The number of thiophene rings is 1. The molecule has 36 heavy (non-hydrogen) atoms. The van der Waals surface area contributed by atoms with Crippen molar-refractivity contribution >= 4 is 33.7 Å². The van der Waals surface area contributed by atoms with Crippen LogP contribution in [0, 0.1) is 0 Å². The summed E-state index contributed by atoms with van der Waals surface area (Å²) >= 11 is 2.90. The van der Waals surface area contributed by atoms with Gasteiger partial charge in [-0.05, 0) is 41.8 Å². The summed E-state index contributed by atoms with van der Waals surface area (Å²) in [6.07, 6.45) is 3.32. The Labute approximate surface area is 212 Å². The molecule has 1 atom stereocenters. The van der Waals surface area contributed by atoms with Gasteiger partial charge in [0.2, 0.25) is 4.96 Å². The largest absolute Gasteiger partial charge is 0.485 e. The Balaban J connectivity index is 1.28. The second-order valence-electron chi connectivity index (χ2n) is 8.13. The Morgan fingerprint density at radius 2 is 1.81 bits per heavy atom. The normalized spacial score (nSPS) is 15.6. The smallest absolute Gasteiger partial charge is 0.291 e. The quantitative estimate of drug-likeness (QED) is 0.354. The summed E-state index contributed by atoms with van der Waals surface area (Å²) in [5.74, 6) is 1.75. The predicted molar refractivity (Wildman–Crippen MR) is 138 cm³/mol. The lowest BCUT2D eigenvalue weighted by Crippen LogP contribution is -2.26. The average Bonchev–Trinajstić information content (AvgIpc) is 3.71. The number of aromatic nitrogens is 5. The van der Waals surface area contributed by atoms with E-state index < -0.39 is 6.10 Å². The highest BCUT2D eigenvalue weighted by Crippen LogP contribution is 2.35. The molecule has 176 valence electrons. The molecule has 0 N–H and O–H groups in total. The number of benzene rings is 2. The SMILES string of the molecule is O=c1c(=Cc2cn(-c3ccccc3)nc2-c2cccs2)sc2nc(C3COc4ccccc4O3)nn12. The van der Waals surface area contributed by atoms with Crippen molar-refractivity contribution in [3.05, 3.63) is 105 Å². The molecule has 0 bridgehead atoms. The van der Waals surface area contributed by atoms with Gasteiger partial charge in [0.25, 0.3) is 5.56 Å². The van der Waals surface area contributed by atoms with Crippen molar-refractivity contribution in [2.75, 3.05) is 6.61 Å². The van der Waals surface area contributed by atoms with Crippen molar-refractivity contribution in [1.82, 2.24) is 24.4 Å². The van der Waals surface area contributed by atoms with E-state index in [2.05, 4.69) is 10.1 Å². The van der Waals surface area contributed by atoms with E-state index in [4.69, 9.17) is 14.6 Å². The monoisotopic (exact) mass is 511 g/mol. The molecule has 7 rings (SSSR count). The molecule has 1 aliphatic heterocycles. The standard InChI is InChI=1S/C26H17N5O3S2/c32-25-22(13-16-14-30(17-7-2-1-3-8-17)28-23(16)21-11-6-12-35-21)36-26-27-24(29-31(25)26)20-15-33-18-9-4-5-10-19(18)34-20/h1-14,20H,15H2. The van der Waals surface area contributed by atoms with Gasteiger partial charge in [0.1, 0.15) is 12.3 Å². The molecule has 0 saturated carbocycles. The maximum atomic E-state index is 13.2. The molecule has 1 unspecified atom stereocenters. The fourth-order valence-electron chi connectivity index (χ4n) is 4.08. The molecular weight excluding hydrogens is 494 g/mol. The molecule has 0 saturated heterocycles. The van der Waals surface area contributed by atoms with Gasteiger partial charge in [-0.2, -0.15) is 14.6 Å². The van der Waals surface area contributed by atoms with Gasteiger partial charge in [0, 0.05) is 11.8 Å². The highest BCUT2D eigenvalue weighted by atomic mass is 32.1. The summed E-state index contributed by atoms with van der Waals surface area (Å²) in [5.41, 5.74) is 2.39. The van der Waals surface area contributed by atoms with Gasteiger partial charge in [-0.1, -0.05) is 47.7 Å². The molecule has 5 heterocycles. The summed E-state index contributed by atoms with van der Waals surface area (Å²) in [4.78, 5) is 19.4. The number of thiazole rings is 1. The lowest BCUT2D eigenvalue weighted by Gasteiger charge is -2.24. The second-order valence-corrected chi connectivity index (χ2v) is 10.1. The lowest BCUT2D eigenvalue weighted by atomic mass is 10.2. The molecule has 6 aromatic rings. The fraction of sp³-hybridized carbons (Fsp3) is 0.0769. The van der Waals surface area contributed by atoms with E-state index in [1.54, 1.807) is 11.3 Å². The first-order valence-corrected chi connectivity index (χ1v) is 12.9. The summed E-state index contributed by atoms with van der Waals surface area (Å²) in [6.45, 7) is 0.283. The van der Waals surface area contributed by atoms with E-state index in [0.717, 1.165) is 21.8 Å². The van der Waals surface area contributed by atoms with Crippen molar-refractivity contribution in [2.24, 2.45) is 0 Å². The Kier molecular flexibility index (Phi) is 4.93. The van der Waals surface area contributed by atoms with E-state index in [0.29, 0.717) is 26.8 Å². The Morgan fingerprint density at radius 1 is 0.972 bits per heavy atom. The van der Waals surface area contributed by atoms with Crippen LogP contribution in [-0.2, 0) is 0 Å². The van der Waals surface area contributed by atoms with Crippen molar-refractivity contribution in [3.8, 4) is 27.8 Å². The van der Waals surface area contributed by atoms with Crippen LogP contribution in [0.5, 0.6) is 11.5 Å². The van der Waals surface area contributed by atoms with Crippen molar-refractivity contribution in [1.29, 1.82) is 0 Å². The molecule has 8 nitrogen and oxygen atoms in total. The summed E-state index contributed by atoms with van der Waals surface area (Å²) in [7, 11) is 0. The highest BCUT2D eigenvalue weighted by Gasteiger charge is 2.27. The number of rotatable bonds is 4. The van der Waals surface area contributed by atoms with Crippen LogP contribution in [0.1, 0.15) is 17.5 Å². The molecule has 0 aliphatic carbocycles. The summed E-state index contributed by atoms with van der Waals surface area (Å²) in [6, 6.07) is 21.4. The summed E-state index contributed by atoms with van der Waals surface area (Å²) < 4.78 is 15.5. The Morgan fingerprint density at radius 3 is 2.61 bits per heavy atom. The Bertz CT molecular complexity index is 1810. The van der Waals surface area contributed by atoms with Gasteiger partial charge in [-0.15, -0.1) is 16.4 Å². The van der Waals surface area contributed by atoms with E-state index in [1.165, 1.54) is 15.9 Å². The minimum absolute atomic E-state index is 0.226. The third kappa shape index (κ3) is 3.58. The fourth-order valence-corrected chi connectivity index (χ4v) is 5.72. The molecule has 2 aromatic carbocycles. The first-order chi connectivity index (χ1) is 17.7. The van der Waals surface area contributed by atoms with E-state index in [9.17, 15) is 4.79 Å². The average molecular weight is 512 g/mol. The maximum Gasteiger partial charge on any atom is 0.291 e. The lowest BCUT2D eigenvalue weighted by molar-refractivity contribution is 0.0852. The highest BCUT2D eigenvalue weighted by molar-refractivity contribution is 7.15. The zero-order valence-corrected chi connectivity index (χ0v) is 20.3. The molecule has 0 amide bonds. The number of hydrogen-bond donors (Lipinski definition) is 0. The molecule has 0 fully saturated rings. The van der Waals surface area contributed by atoms with Crippen molar-refractivity contribution in [2.45, 2.75) is 6.10 Å². The van der Waals surface area contributed by atoms with E-state index in [1.807, 2.05) is 89.1 Å². The zero-order valence-electron chi connectivity index (χ0n) is 18.6. The number of para-hydroxylation sites is 3. The molecule has 10 heteroatoms. The van der Waals surface area contributed by atoms with Gasteiger partial charge >= 0.3 is 0 Å². The van der Waals surface area contributed by atoms with Crippen LogP contribution in [0.4, 0.5) is 0 Å². The molecule has 0 radical (unpaired) electrons. The van der Waals surface area contributed by atoms with Crippen LogP contribution in [0.3, 0.4) is 0 Å². The van der Waals surface area contributed by atoms with Gasteiger partial charge in [-0.3, -0.25) is 4.79 Å². The van der Waals surface area contributed by atoms with Gasteiger partial charge in [-0.25, -0.2) is 4.68 Å². The minimum Gasteiger partial charge on any atom is -0.485 e. The van der Waals surface area contributed by atoms with Gasteiger partial charge < -0.3 is 9.47 Å². The van der Waals surface area contributed by atoms with Crippen LogP contribution >= 0.6 is 22.7 Å². The van der Waals surface area contributed by atoms with E-state index in [-0.39, 0.29) is 12.2 Å². The van der Waals surface area contributed by atoms with Crippen molar-refractivity contribution in [3.63, 3.8) is 0 Å². The third-order valence-corrected chi connectivity index (χ3v) is 7.64. The number of ether oxygens (including phenoxy) is 2. The number of nitrogens with zero attached hydrogens (tertiary/aromatic N) is 5. The van der Waals surface area contributed by atoms with Crippen LogP contribution in [-0.4, -0.2) is 31.0 Å². The van der Waals surface area contributed by atoms with Gasteiger partial charge in [0.05, 0.1) is 15.1 Å². The van der Waals surface area contributed by atoms with Gasteiger partial charge in [0.15, 0.2) is 23.4 Å². The maximum absolute atomic E-state index is 13.2. The van der Waals surface area contributed by atoms with Crippen LogP contribution in [0.2, 0.25) is 0 Å². The number of hydrogen-bond acceptors (Lipinski definition) is 8. The summed E-state index contributed by atoms with van der Waals surface area (Å²) in [5, 5.41) is 11.3. The molecule has 0 spiro atoms. The number of fused-ring (bicyclic) bond motifs is 2. The molecule has 4 aromatic heterocycles. The zero-order chi connectivity index (χ0) is 24.1. The van der Waals surface area contributed by atoms with E-state index >= 15 is 0 Å². The van der Waals surface area contributed by atoms with Crippen LogP contribution in [0.15, 0.2) is 83.1 Å². The second kappa shape index (κ2) is 8.43. The van der Waals surface area contributed by atoms with Crippen LogP contribution < -0.4 is 19.6 Å². The molecular formula is C26H17N5O3S2. The third-order valence-electron chi connectivity index (χ3n) is 5.80. The molecule has 1 aliphatic rings. The predicted octanol–water partition coefficient (Wildman–Crippen LogP) is 4.13. The first kappa shape index (κ1) is 21.0. The topological polar surface area (TPSA) is 83.5 Å².